The van der Waals surface area contributed by atoms with Crippen LogP contribution in [-0.4, -0.2) is 59.9 Å². The molecule has 1 aliphatic rings. The third-order valence-electron chi connectivity index (χ3n) is 4.87. The normalized spacial score (nSPS) is 22.3. The Hall–Kier alpha value is -1.60. The Morgan fingerprint density at radius 3 is 2.52 bits per heavy atom. The van der Waals surface area contributed by atoms with Gasteiger partial charge in [0.15, 0.2) is 11.7 Å². The topological polar surface area (TPSA) is 74.9 Å². The van der Waals surface area contributed by atoms with Crippen LogP contribution in [-0.2, 0) is 11.3 Å². The molecule has 0 amide bonds. The van der Waals surface area contributed by atoms with Crippen LogP contribution < -0.4 is 10.6 Å². The highest BCUT2D eigenvalue weighted by Crippen LogP contribution is 2.20. The molecule has 1 aromatic rings. The Kier molecular flexibility index (Phi) is 7.68. The molecule has 7 heteroatoms. The zero-order valence-corrected chi connectivity index (χ0v) is 18.0. The van der Waals surface area contributed by atoms with Crippen molar-refractivity contribution in [1.29, 1.82) is 0 Å². The number of nitrogens with one attached hydrogen (secondary N) is 2. The fourth-order valence-electron chi connectivity index (χ4n) is 3.26. The fourth-order valence-corrected chi connectivity index (χ4v) is 3.26. The van der Waals surface area contributed by atoms with Gasteiger partial charge in [-0.1, -0.05) is 19.0 Å². The SMILES string of the molecule is CCNC(=NCc1cc(C(C)C)no1)NCC(C)(C)N1CC(C)OC(C)C1. The zero-order chi connectivity index (χ0) is 20.0. The second kappa shape index (κ2) is 9.55. The molecule has 0 radical (unpaired) electrons. The first kappa shape index (κ1) is 21.7. The molecule has 0 saturated carbocycles. The molecule has 0 aromatic carbocycles. The fraction of sp³-hybridized carbons (Fsp3) is 0.800. The van der Waals surface area contributed by atoms with Crippen molar-refractivity contribution in [1.82, 2.24) is 20.7 Å². The number of hydrogen-bond acceptors (Lipinski definition) is 5. The molecule has 0 aliphatic carbocycles. The molecule has 1 fully saturated rings. The molecule has 154 valence electrons. The number of aromatic nitrogens is 1. The Balaban J connectivity index is 1.95. The summed E-state index contributed by atoms with van der Waals surface area (Å²) in [4.78, 5) is 7.15. The van der Waals surface area contributed by atoms with Crippen LogP contribution in [0.3, 0.4) is 0 Å². The van der Waals surface area contributed by atoms with Crippen LogP contribution in [0.5, 0.6) is 0 Å². The van der Waals surface area contributed by atoms with Crippen molar-refractivity contribution >= 4 is 5.96 Å². The van der Waals surface area contributed by atoms with E-state index in [-0.39, 0.29) is 17.7 Å². The van der Waals surface area contributed by atoms with Crippen LogP contribution in [0.2, 0.25) is 0 Å². The zero-order valence-electron chi connectivity index (χ0n) is 18.0. The van der Waals surface area contributed by atoms with Gasteiger partial charge < -0.3 is 19.9 Å². The number of nitrogens with zero attached hydrogens (tertiary/aromatic N) is 3. The number of rotatable bonds is 7. The summed E-state index contributed by atoms with van der Waals surface area (Å²) in [6.07, 6.45) is 0.521. The van der Waals surface area contributed by atoms with Gasteiger partial charge in [-0.15, -0.1) is 0 Å². The lowest BCUT2D eigenvalue weighted by Crippen LogP contribution is -2.59. The van der Waals surface area contributed by atoms with Gasteiger partial charge in [0.1, 0.15) is 6.54 Å². The highest BCUT2D eigenvalue weighted by Gasteiger charge is 2.33. The molecule has 1 aliphatic heterocycles. The van der Waals surface area contributed by atoms with Gasteiger partial charge in [-0.2, -0.15) is 0 Å². The van der Waals surface area contributed by atoms with E-state index in [2.05, 4.69) is 74.1 Å². The predicted molar refractivity (Wildman–Crippen MR) is 109 cm³/mol. The maximum Gasteiger partial charge on any atom is 0.191 e. The van der Waals surface area contributed by atoms with Crippen molar-refractivity contribution in [2.45, 2.75) is 78.7 Å². The van der Waals surface area contributed by atoms with Gasteiger partial charge in [-0.05, 0) is 40.5 Å². The quantitative estimate of drug-likeness (QED) is 0.560. The molecule has 0 spiro atoms. The van der Waals surface area contributed by atoms with Gasteiger partial charge in [-0.25, -0.2) is 4.99 Å². The van der Waals surface area contributed by atoms with E-state index in [4.69, 9.17) is 9.26 Å². The minimum atomic E-state index is -0.000455. The third-order valence-corrected chi connectivity index (χ3v) is 4.87. The first-order chi connectivity index (χ1) is 12.7. The van der Waals surface area contributed by atoms with Crippen molar-refractivity contribution in [2.75, 3.05) is 26.2 Å². The lowest BCUT2D eigenvalue weighted by Gasteiger charge is -2.45. The number of aliphatic imine (C=N–C) groups is 1. The molecular formula is C20H37N5O2. The van der Waals surface area contributed by atoms with E-state index >= 15 is 0 Å². The van der Waals surface area contributed by atoms with E-state index in [1.165, 1.54) is 0 Å². The molecule has 2 rings (SSSR count). The van der Waals surface area contributed by atoms with Crippen LogP contribution in [0.4, 0.5) is 0 Å². The minimum Gasteiger partial charge on any atom is -0.373 e. The van der Waals surface area contributed by atoms with Crippen molar-refractivity contribution in [3.8, 4) is 0 Å². The molecule has 27 heavy (non-hydrogen) atoms. The second-order valence-electron chi connectivity index (χ2n) is 8.40. The summed E-state index contributed by atoms with van der Waals surface area (Å²) in [5.41, 5.74) is 0.967. The smallest absolute Gasteiger partial charge is 0.191 e. The van der Waals surface area contributed by atoms with Crippen LogP contribution in [0.25, 0.3) is 0 Å². The number of ether oxygens (including phenoxy) is 1. The number of morpholine rings is 1. The van der Waals surface area contributed by atoms with Gasteiger partial charge in [0.05, 0.1) is 17.9 Å². The van der Waals surface area contributed by atoms with Gasteiger partial charge in [-0.3, -0.25) is 4.90 Å². The summed E-state index contributed by atoms with van der Waals surface area (Å²) in [5.74, 6) is 1.94. The van der Waals surface area contributed by atoms with Crippen LogP contribution in [0.15, 0.2) is 15.6 Å². The maximum atomic E-state index is 5.87. The van der Waals surface area contributed by atoms with E-state index in [0.29, 0.717) is 12.5 Å². The summed E-state index contributed by atoms with van der Waals surface area (Å²) in [6.45, 7) is 19.1. The summed E-state index contributed by atoms with van der Waals surface area (Å²) in [6, 6.07) is 1.98. The van der Waals surface area contributed by atoms with E-state index in [9.17, 15) is 0 Å². The molecule has 0 bridgehead atoms. The van der Waals surface area contributed by atoms with Crippen LogP contribution >= 0.6 is 0 Å². The van der Waals surface area contributed by atoms with E-state index in [0.717, 1.165) is 43.6 Å². The van der Waals surface area contributed by atoms with Gasteiger partial charge in [0.2, 0.25) is 0 Å². The third kappa shape index (κ3) is 6.50. The van der Waals surface area contributed by atoms with Crippen LogP contribution in [0.1, 0.15) is 65.8 Å². The van der Waals surface area contributed by atoms with Gasteiger partial charge in [0.25, 0.3) is 0 Å². The van der Waals surface area contributed by atoms with Crippen molar-refractivity contribution in [2.24, 2.45) is 4.99 Å². The average molecular weight is 380 g/mol. The molecule has 2 N–H and O–H groups in total. The molecule has 1 aromatic heterocycles. The van der Waals surface area contributed by atoms with Gasteiger partial charge >= 0.3 is 0 Å². The Labute approximate surface area is 163 Å². The standard InChI is InChI=1S/C20H37N5O2/c1-8-21-19(22-10-17-9-18(14(2)3)24-27-17)23-13-20(6,7)25-11-15(4)26-16(5)12-25/h9,14-16H,8,10-13H2,1-7H3,(H2,21,22,23). The predicted octanol–water partition coefficient (Wildman–Crippen LogP) is 2.74. The highest BCUT2D eigenvalue weighted by atomic mass is 16.5. The summed E-state index contributed by atoms with van der Waals surface area (Å²) in [5, 5.41) is 10.9. The number of guanidine groups is 1. The molecule has 2 unspecified atom stereocenters. The Morgan fingerprint density at radius 1 is 1.30 bits per heavy atom. The lowest BCUT2D eigenvalue weighted by atomic mass is 10.00. The average Bonchev–Trinajstić information content (AvgIpc) is 3.06. The lowest BCUT2D eigenvalue weighted by molar-refractivity contribution is -0.0946. The summed E-state index contributed by atoms with van der Waals surface area (Å²) < 4.78 is 11.3. The summed E-state index contributed by atoms with van der Waals surface area (Å²) in [7, 11) is 0. The van der Waals surface area contributed by atoms with E-state index < -0.39 is 0 Å². The molecule has 7 nitrogen and oxygen atoms in total. The highest BCUT2D eigenvalue weighted by molar-refractivity contribution is 5.79. The first-order valence-electron chi connectivity index (χ1n) is 10.1. The van der Waals surface area contributed by atoms with Crippen LogP contribution in [0, 0.1) is 0 Å². The molecule has 2 atom stereocenters. The van der Waals surface area contributed by atoms with Crippen molar-refractivity contribution < 1.29 is 9.26 Å². The molecule has 2 heterocycles. The van der Waals surface area contributed by atoms with Gasteiger partial charge in [0, 0.05) is 37.8 Å². The van der Waals surface area contributed by atoms with Crippen molar-refractivity contribution in [3.63, 3.8) is 0 Å². The summed E-state index contributed by atoms with van der Waals surface area (Å²) >= 11 is 0. The molecule has 1 saturated heterocycles. The van der Waals surface area contributed by atoms with E-state index in [1.54, 1.807) is 0 Å². The number of hydrogen-bond donors (Lipinski definition) is 2. The first-order valence-corrected chi connectivity index (χ1v) is 10.1. The van der Waals surface area contributed by atoms with Crippen molar-refractivity contribution in [3.05, 3.63) is 17.5 Å². The minimum absolute atomic E-state index is 0.000455. The maximum absolute atomic E-state index is 5.87. The Bertz CT molecular complexity index is 601. The monoisotopic (exact) mass is 379 g/mol. The van der Waals surface area contributed by atoms with E-state index in [1.807, 2.05) is 6.07 Å². The Morgan fingerprint density at radius 2 is 1.96 bits per heavy atom. The largest absolute Gasteiger partial charge is 0.373 e. The second-order valence-corrected chi connectivity index (χ2v) is 8.40. The molecular weight excluding hydrogens is 342 g/mol.